The zero-order valence-corrected chi connectivity index (χ0v) is 8.48. The molecule has 13 heavy (non-hydrogen) atoms. The van der Waals surface area contributed by atoms with Crippen LogP contribution >= 0.6 is 11.8 Å². The molecule has 0 amide bonds. The molecule has 0 aliphatic carbocycles. The lowest BCUT2D eigenvalue weighted by atomic mass is 10.4. The number of H-pyrrole nitrogens is 2. The molecule has 0 spiro atoms. The third kappa shape index (κ3) is 1.37. The van der Waals surface area contributed by atoms with Crippen molar-refractivity contribution in [1.82, 2.24) is 9.97 Å². The van der Waals surface area contributed by atoms with Gasteiger partial charge in [-0.05, 0) is 12.3 Å². The van der Waals surface area contributed by atoms with Crippen molar-refractivity contribution >= 4 is 11.8 Å². The van der Waals surface area contributed by atoms with Crippen molar-refractivity contribution in [2.75, 3.05) is 6.26 Å². The molecule has 2 aromatic heterocycles. The summed E-state index contributed by atoms with van der Waals surface area (Å²) in [5.74, 6) is 1.11. The summed E-state index contributed by atoms with van der Waals surface area (Å²) >= 11 is 1.74. The molecule has 0 unspecified atom stereocenters. The first-order valence-electron chi connectivity index (χ1n) is 4.07. The number of nitrogens with zero attached hydrogens (tertiary/aromatic N) is 1. The molecule has 2 N–H and O–H groups in total. The topological polar surface area (TPSA) is 35.5 Å². The normalized spacial score (nSPS) is 10.6. The van der Waals surface area contributed by atoms with Gasteiger partial charge in [0.15, 0.2) is 0 Å². The van der Waals surface area contributed by atoms with Gasteiger partial charge >= 0.3 is 5.82 Å². The van der Waals surface area contributed by atoms with Crippen molar-refractivity contribution in [3.63, 3.8) is 0 Å². The zero-order valence-electron chi connectivity index (χ0n) is 7.66. The van der Waals surface area contributed by atoms with Crippen LogP contribution in [0.25, 0.3) is 11.5 Å². The molecule has 2 aromatic rings. The monoisotopic (exact) mass is 194 g/mol. The maximum Gasteiger partial charge on any atom is 0.304 e. The fraction of sp³-hybridized carbons (Fsp3) is 0.222. The van der Waals surface area contributed by atoms with Crippen LogP contribution in [0.2, 0.25) is 0 Å². The van der Waals surface area contributed by atoms with E-state index in [9.17, 15) is 0 Å². The number of thioether (sulfide) groups is 1. The number of hydrogen-bond acceptors (Lipinski definition) is 1. The first-order valence-corrected chi connectivity index (χ1v) is 5.30. The highest BCUT2D eigenvalue weighted by Gasteiger charge is 2.14. The van der Waals surface area contributed by atoms with Gasteiger partial charge in [0.1, 0.15) is 18.1 Å². The average molecular weight is 194 g/mol. The molecule has 68 valence electrons. The zero-order chi connectivity index (χ0) is 9.26. The van der Waals surface area contributed by atoms with Gasteiger partial charge in [0.25, 0.3) is 0 Å². The Kier molecular flexibility index (Phi) is 2.14. The van der Waals surface area contributed by atoms with Crippen molar-refractivity contribution in [3.05, 3.63) is 24.7 Å². The second-order valence-corrected chi connectivity index (χ2v) is 3.69. The number of aromatic nitrogens is 3. The lowest BCUT2D eigenvalue weighted by molar-refractivity contribution is -0.659. The van der Waals surface area contributed by atoms with Gasteiger partial charge in [-0.25, -0.2) is 9.55 Å². The third-order valence-corrected chi connectivity index (χ3v) is 2.82. The van der Waals surface area contributed by atoms with E-state index < -0.39 is 0 Å². The molecule has 0 fully saturated rings. The van der Waals surface area contributed by atoms with Crippen LogP contribution in [0.3, 0.4) is 0 Å². The highest BCUT2D eigenvalue weighted by Crippen LogP contribution is 2.25. The van der Waals surface area contributed by atoms with E-state index in [2.05, 4.69) is 26.9 Å². The van der Waals surface area contributed by atoms with Crippen LogP contribution in [-0.2, 0) is 7.05 Å². The third-order valence-electron chi connectivity index (χ3n) is 2.04. The van der Waals surface area contributed by atoms with Gasteiger partial charge in [-0.3, -0.25) is 0 Å². The van der Waals surface area contributed by atoms with E-state index in [0.717, 1.165) is 11.5 Å². The molecule has 2 rings (SSSR count). The van der Waals surface area contributed by atoms with Crippen LogP contribution < -0.4 is 4.57 Å². The Bertz CT molecular complexity index is 402. The number of aromatic amines is 2. The van der Waals surface area contributed by atoms with Crippen LogP contribution in [0.1, 0.15) is 0 Å². The van der Waals surface area contributed by atoms with Gasteiger partial charge in [0.2, 0.25) is 0 Å². The number of rotatable bonds is 2. The summed E-state index contributed by atoms with van der Waals surface area (Å²) in [7, 11) is 2.02. The highest BCUT2D eigenvalue weighted by molar-refractivity contribution is 7.98. The molecule has 0 saturated heterocycles. The number of nitrogens with one attached hydrogen (secondary N) is 2. The predicted octanol–water partition coefficient (Wildman–Crippen LogP) is 1.56. The second-order valence-electron chi connectivity index (χ2n) is 2.84. The fourth-order valence-electron chi connectivity index (χ4n) is 1.36. The molecule has 0 atom stereocenters. The summed E-state index contributed by atoms with van der Waals surface area (Å²) in [6.45, 7) is 0. The van der Waals surface area contributed by atoms with E-state index in [4.69, 9.17) is 0 Å². The van der Waals surface area contributed by atoms with Crippen LogP contribution in [0.15, 0.2) is 29.6 Å². The Hall–Kier alpha value is -1.16. The molecular formula is C9H12N3S+. The van der Waals surface area contributed by atoms with E-state index in [-0.39, 0.29) is 0 Å². The van der Waals surface area contributed by atoms with Gasteiger partial charge < -0.3 is 4.98 Å². The van der Waals surface area contributed by atoms with E-state index >= 15 is 0 Å². The van der Waals surface area contributed by atoms with E-state index in [0.29, 0.717) is 0 Å². The summed E-state index contributed by atoms with van der Waals surface area (Å²) in [6.07, 6.45) is 7.97. The standard InChI is InChI=1S/C9H11N3S/c1-12-6-5-11-9(12)8-7(13-2)3-4-10-8/h3-6H,1-2H3,(H,10,11)/p+1. The molecule has 0 bridgehead atoms. The Balaban J connectivity index is 2.52. The molecular weight excluding hydrogens is 182 g/mol. The maximum atomic E-state index is 3.23. The first kappa shape index (κ1) is 8.44. The molecule has 0 radical (unpaired) electrons. The largest absolute Gasteiger partial charge is 0.354 e. The number of aryl methyl sites for hydroxylation is 1. The summed E-state index contributed by atoms with van der Waals surface area (Å²) in [4.78, 5) is 7.69. The van der Waals surface area contributed by atoms with Gasteiger partial charge in [-0.15, -0.1) is 11.8 Å². The van der Waals surface area contributed by atoms with Crippen molar-refractivity contribution < 1.29 is 4.57 Å². The molecule has 0 aromatic carbocycles. The van der Waals surface area contributed by atoms with Crippen LogP contribution in [-0.4, -0.2) is 16.2 Å². The minimum atomic E-state index is 1.11. The summed E-state index contributed by atoms with van der Waals surface area (Å²) in [5, 5.41) is 0. The van der Waals surface area contributed by atoms with E-state index in [1.54, 1.807) is 11.8 Å². The van der Waals surface area contributed by atoms with Crippen molar-refractivity contribution in [3.8, 4) is 11.5 Å². The molecule has 0 aliphatic heterocycles. The Morgan fingerprint density at radius 2 is 2.15 bits per heavy atom. The summed E-state index contributed by atoms with van der Waals surface area (Å²) < 4.78 is 2.06. The lowest BCUT2D eigenvalue weighted by Crippen LogP contribution is -2.27. The van der Waals surface area contributed by atoms with Crippen molar-refractivity contribution in [2.45, 2.75) is 4.90 Å². The van der Waals surface area contributed by atoms with Crippen LogP contribution in [0, 0.1) is 0 Å². The van der Waals surface area contributed by atoms with Crippen LogP contribution in [0.5, 0.6) is 0 Å². The Morgan fingerprint density at radius 1 is 1.31 bits per heavy atom. The summed E-state index contributed by atoms with van der Waals surface area (Å²) in [6, 6.07) is 2.08. The van der Waals surface area contributed by atoms with Crippen molar-refractivity contribution in [2.24, 2.45) is 7.05 Å². The van der Waals surface area contributed by atoms with Gasteiger partial charge in [0.05, 0.1) is 7.05 Å². The highest BCUT2D eigenvalue weighted by atomic mass is 32.2. The molecule has 0 saturated carbocycles. The van der Waals surface area contributed by atoms with Crippen molar-refractivity contribution in [1.29, 1.82) is 0 Å². The number of imidazole rings is 1. The Labute approximate surface area is 81.2 Å². The lowest BCUT2D eigenvalue weighted by Gasteiger charge is -1.95. The second kappa shape index (κ2) is 3.30. The predicted molar refractivity (Wildman–Crippen MR) is 53.5 cm³/mol. The SMILES string of the molecule is CSc1cc[nH]c1-c1[nH]cc[n+]1C. The van der Waals surface area contributed by atoms with E-state index in [1.165, 1.54) is 4.90 Å². The van der Waals surface area contributed by atoms with Gasteiger partial charge in [0, 0.05) is 11.1 Å². The van der Waals surface area contributed by atoms with Crippen LogP contribution in [0.4, 0.5) is 0 Å². The minimum absolute atomic E-state index is 1.11. The average Bonchev–Trinajstić information content (AvgIpc) is 2.71. The number of hydrogen-bond donors (Lipinski definition) is 2. The first-order chi connectivity index (χ1) is 6.33. The fourth-order valence-corrected chi connectivity index (χ4v) is 1.93. The smallest absolute Gasteiger partial charge is 0.304 e. The van der Waals surface area contributed by atoms with Gasteiger partial charge in [-0.2, -0.15) is 0 Å². The molecule has 3 nitrogen and oxygen atoms in total. The molecule has 2 heterocycles. The molecule has 0 aliphatic rings. The minimum Gasteiger partial charge on any atom is -0.354 e. The maximum absolute atomic E-state index is 3.23. The quantitative estimate of drug-likeness (QED) is 0.552. The Morgan fingerprint density at radius 3 is 2.77 bits per heavy atom. The molecule has 4 heteroatoms. The summed E-state index contributed by atoms with van der Waals surface area (Å²) in [5.41, 5.74) is 1.15. The van der Waals surface area contributed by atoms with Gasteiger partial charge in [-0.1, -0.05) is 0 Å². The van der Waals surface area contributed by atoms with E-state index in [1.807, 2.05) is 25.6 Å².